The lowest BCUT2D eigenvalue weighted by molar-refractivity contribution is -0.127. The summed E-state index contributed by atoms with van der Waals surface area (Å²) in [6.07, 6.45) is 1.89. The standard InChI is InChI=1S/C19H23N3O4S/c1-2-26-14-3-4-15-16(10-14)27-19(21-15)22-11-12(9-17(22)23)18(24)20-13-5-7-25-8-6-13/h3-4,10,12-13H,2,5-9,11H2,1H3,(H,20,24). The highest BCUT2D eigenvalue weighted by atomic mass is 32.1. The van der Waals surface area contributed by atoms with Gasteiger partial charge in [0.2, 0.25) is 11.8 Å². The quantitative estimate of drug-likeness (QED) is 0.849. The molecule has 2 amide bonds. The Labute approximate surface area is 161 Å². The van der Waals surface area contributed by atoms with Crippen LogP contribution in [0.3, 0.4) is 0 Å². The molecule has 4 rings (SSSR count). The van der Waals surface area contributed by atoms with Crippen molar-refractivity contribution in [3.8, 4) is 5.75 Å². The molecule has 2 saturated heterocycles. The summed E-state index contributed by atoms with van der Waals surface area (Å²) in [7, 11) is 0. The van der Waals surface area contributed by atoms with Gasteiger partial charge in [0.05, 0.1) is 22.7 Å². The Morgan fingerprint density at radius 2 is 2.22 bits per heavy atom. The smallest absolute Gasteiger partial charge is 0.229 e. The number of rotatable bonds is 5. The zero-order valence-electron chi connectivity index (χ0n) is 15.3. The normalized spacial score (nSPS) is 21.0. The minimum atomic E-state index is -0.327. The molecule has 7 nitrogen and oxygen atoms in total. The van der Waals surface area contributed by atoms with Gasteiger partial charge in [0.1, 0.15) is 5.75 Å². The SMILES string of the molecule is CCOc1ccc2nc(N3CC(C(=O)NC4CCOCC4)CC3=O)sc2c1. The van der Waals surface area contributed by atoms with Crippen LogP contribution in [0.5, 0.6) is 5.75 Å². The Morgan fingerprint density at radius 3 is 3.00 bits per heavy atom. The second-order valence-electron chi connectivity index (χ2n) is 6.86. The maximum Gasteiger partial charge on any atom is 0.229 e. The highest BCUT2D eigenvalue weighted by Crippen LogP contribution is 2.34. The highest BCUT2D eigenvalue weighted by Gasteiger charge is 2.37. The van der Waals surface area contributed by atoms with E-state index in [-0.39, 0.29) is 30.2 Å². The summed E-state index contributed by atoms with van der Waals surface area (Å²) in [4.78, 5) is 31.3. The van der Waals surface area contributed by atoms with Crippen molar-refractivity contribution in [1.29, 1.82) is 0 Å². The van der Waals surface area contributed by atoms with Crippen LogP contribution < -0.4 is 15.0 Å². The Morgan fingerprint density at radius 1 is 1.41 bits per heavy atom. The van der Waals surface area contributed by atoms with Crippen molar-refractivity contribution in [1.82, 2.24) is 10.3 Å². The molecule has 8 heteroatoms. The molecule has 2 aliphatic rings. The van der Waals surface area contributed by atoms with Crippen LogP contribution in [0.25, 0.3) is 10.2 Å². The number of fused-ring (bicyclic) bond motifs is 1. The number of ether oxygens (including phenoxy) is 2. The van der Waals surface area contributed by atoms with E-state index in [9.17, 15) is 9.59 Å². The van der Waals surface area contributed by atoms with Gasteiger partial charge in [-0.2, -0.15) is 0 Å². The third-order valence-corrected chi connectivity index (χ3v) is 6.00. The van der Waals surface area contributed by atoms with Crippen molar-refractivity contribution in [3.63, 3.8) is 0 Å². The van der Waals surface area contributed by atoms with Crippen molar-refractivity contribution < 1.29 is 19.1 Å². The maximum absolute atomic E-state index is 12.6. The lowest BCUT2D eigenvalue weighted by Gasteiger charge is -2.24. The third-order valence-electron chi connectivity index (χ3n) is 4.95. The number of thiazole rings is 1. The molecule has 1 aromatic carbocycles. The fourth-order valence-electron chi connectivity index (χ4n) is 3.49. The average molecular weight is 389 g/mol. The van der Waals surface area contributed by atoms with E-state index in [4.69, 9.17) is 9.47 Å². The van der Waals surface area contributed by atoms with Crippen LogP contribution in [0.15, 0.2) is 18.2 Å². The van der Waals surface area contributed by atoms with Gasteiger partial charge in [0.15, 0.2) is 5.13 Å². The van der Waals surface area contributed by atoms with Gasteiger partial charge in [-0.3, -0.25) is 14.5 Å². The van der Waals surface area contributed by atoms with Gasteiger partial charge in [0.25, 0.3) is 0 Å². The van der Waals surface area contributed by atoms with E-state index >= 15 is 0 Å². The molecule has 1 aromatic heterocycles. The number of carbonyl (C=O) groups is 2. The monoisotopic (exact) mass is 389 g/mol. The van der Waals surface area contributed by atoms with E-state index in [1.807, 2.05) is 25.1 Å². The van der Waals surface area contributed by atoms with Gasteiger partial charge in [-0.25, -0.2) is 4.98 Å². The molecular formula is C19H23N3O4S. The van der Waals surface area contributed by atoms with E-state index in [1.165, 1.54) is 11.3 Å². The molecule has 3 heterocycles. The first-order valence-electron chi connectivity index (χ1n) is 9.36. The Kier molecular flexibility index (Phi) is 5.27. The van der Waals surface area contributed by atoms with Crippen molar-refractivity contribution in [2.45, 2.75) is 32.2 Å². The molecular weight excluding hydrogens is 366 g/mol. The Balaban J connectivity index is 1.45. The molecule has 0 aliphatic carbocycles. The van der Waals surface area contributed by atoms with Gasteiger partial charge in [-0.15, -0.1) is 0 Å². The van der Waals surface area contributed by atoms with Crippen LogP contribution in [-0.2, 0) is 14.3 Å². The van der Waals surface area contributed by atoms with Crippen LogP contribution in [0, 0.1) is 5.92 Å². The average Bonchev–Trinajstić information content (AvgIpc) is 3.25. The van der Waals surface area contributed by atoms with Crippen LogP contribution in [-0.4, -0.2) is 49.2 Å². The van der Waals surface area contributed by atoms with Gasteiger partial charge in [-0.1, -0.05) is 11.3 Å². The van der Waals surface area contributed by atoms with Crippen molar-refractivity contribution in [2.75, 3.05) is 31.3 Å². The number of anilines is 1. The minimum absolute atomic E-state index is 0.0440. The number of carbonyl (C=O) groups excluding carboxylic acids is 2. The molecule has 27 heavy (non-hydrogen) atoms. The fourth-order valence-corrected chi connectivity index (χ4v) is 4.51. The summed E-state index contributed by atoms with van der Waals surface area (Å²) in [6.45, 7) is 4.28. The summed E-state index contributed by atoms with van der Waals surface area (Å²) < 4.78 is 11.8. The van der Waals surface area contributed by atoms with Crippen molar-refractivity contribution in [2.24, 2.45) is 5.92 Å². The number of benzene rings is 1. The largest absolute Gasteiger partial charge is 0.494 e. The summed E-state index contributed by atoms with van der Waals surface area (Å²) in [5.74, 6) is 0.372. The summed E-state index contributed by atoms with van der Waals surface area (Å²) in [6, 6.07) is 5.87. The van der Waals surface area contributed by atoms with E-state index < -0.39 is 0 Å². The highest BCUT2D eigenvalue weighted by molar-refractivity contribution is 7.22. The van der Waals surface area contributed by atoms with Crippen LogP contribution in [0.1, 0.15) is 26.2 Å². The zero-order valence-corrected chi connectivity index (χ0v) is 16.1. The molecule has 1 unspecified atom stereocenters. The van der Waals surface area contributed by atoms with Gasteiger partial charge >= 0.3 is 0 Å². The number of hydrogen-bond donors (Lipinski definition) is 1. The predicted molar refractivity (Wildman–Crippen MR) is 103 cm³/mol. The van der Waals surface area contributed by atoms with Crippen LogP contribution >= 0.6 is 11.3 Å². The van der Waals surface area contributed by atoms with E-state index in [1.54, 1.807) is 4.90 Å². The molecule has 1 atom stereocenters. The molecule has 0 radical (unpaired) electrons. The molecule has 0 bridgehead atoms. The lowest BCUT2D eigenvalue weighted by atomic mass is 10.0. The number of amides is 2. The van der Waals surface area contributed by atoms with Gasteiger partial charge in [0, 0.05) is 32.2 Å². The maximum atomic E-state index is 12.6. The molecule has 144 valence electrons. The first kappa shape index (κ1) is 18.2. The molecule has 2 aliphatic heterocycles. The van der Waals surface area contributed by atoms with Crippen molar-refractivity contribution >= 4 is 38.5 Å². The van der Waals surface area contributed by atoms with E-state index in [2.05, 4.69) is 10.3 Å². The third kappa shape index (κ3) is 3.91. The second kappa shape index (κ2) is 7.82. The number of hydrogen-bond acceptors (Lipinski definition) is 6. The first-order chi connectivity index (χ1) is 13.1. The molecule has 2 aromatic rings. The number of nitrogens with one attached hydrogen (secondary N) is 1. The summed E-state index contributed by atoms with van der Waals surface area (Å²) >= 11 is 1.45. The minimum Gasteiger partial charge on any atom is -0.494 e. The molecule has 0 spiro atoms. The zero-order chi connectivity index (χ0) is 18.8. The lowest BCUT2D eigenvalue weighted by Crippen LogP contribution is -2.42. The fraction of sp³-hybridized carbons (Fsp3) is 0.526. The Bertz CT molecular complexity index is 847. The second-order valence-corrected chi connectivity index (χ2v) is 7.87. The topological polar surface area (TPSA) is 80.8 Å². The summed E-state index contributed by atoms with van der Waals surface area (Å²) in [5, 5.41) is 3.71. The first-order valence-corrected chi connectivity index (χ1v) is 10.2. The van der Waals surface area contributed by atoms with Crippen molar-refractivity contribution in [3.05, 3.63) is 18.2 Å². The Hall–Kier alpha value is -2.19. The summed E-state index contributed by atoms with van der Waals surface area (Å²) in [5.41, 5.74) is 0.835. The number of nitrogens with zero attached hydrogens (tertiary/aromatic N) is 2. The molecule has 0 saturated carbocycles. The van der Waals surface area contributed by atoms with Crippen LogP contribution in [0.4, 0.5) is 5.13 Å². The molecule has 2 fully saturated rings. The molecule has 1 N–H and O–H groups in total. The van der Waals surface area contributed by atoms with Crippen LogP contribution in [0.2, 0.25) is 0 Å². The van der Waals surface area contributed by atoms with E-state index in [0.717, 1.165) is 28.8 Å². The number of aromatic nitrogens is 1. The predicted octanol–water partition coefficient (Wildman–Crippen LogP) is 2.34. The van der Waals surface area contributed by atoms with Gasteiger partial charge < -0.3 is 14.8 Å². The van der Waals surface area contributed by atoms with Gasteiger partial charge in [-0.05, 0) is 38.0 Å². The van der Waals surface area contributed by atoms with E-state index in [0.29, 0.717) is 31.5 Å².